The lowest BCUT2D eigenvalue weighted by Gasteiger charge is -2.23. The zero-order chi connectivity index (χ0) is 12.7. The Kier molecular flexibility index (Phi) is 5.28. The summed E-state index contributed by atoms with van der Waals surface area (Å²) < 4.78 is 0. The molecule has 0 saturated heterocycles. The quantitative estimate of drug-likeness (QED) is 0.558. The van der Waals surface area contributed by atoms with E-state index >= 15 is 0 Å². The lowest BCUT2D eigenvalue weighted by molar-refractivity contribution is 0.443. The van der Waals surface area contributed by atoms with E-state index in [1.807, 2.05) is 6.20 Å². The minimum atomic E-state index is 0.126. The molecule has 1 rings (SSSR count). The molecule has 0 radical (unpaired) electrons. The molecular weight excluding hydrogens is 208 g/mol. The number of nitrogens with one attached hydrogen (secondary N) is 1. The van der Waals surface area contributed by atoms with Crippen LogP contribution in [0.4, 0.5) is 0 Å². The lowest BCUT2D eigenvalue weighted by atomic mass is 9.80. The Hall–Kier alpha value is -1.23. The number of hydrogen-bond acceptors (Lipinski definition) is 1. The minimum absolute atomic E-state index is 0.126. The molecule has 1 heterocycles. The first-order chi connectivity index (χ1) is 8.11. The third-order valence-corrected chi connectivity index (χ3v) is 3.41. The average molecular weight is 232 g/mol. The third-order valence-electron chi connectivity index (χ3n) is 3.41. The molecule has 0 spiro atoms. The first kappa shape index (κ1) is 13.8. The number of aromatic amines is 1. The second kappa shape index (κ2) is 6.49. The van der Waals surface area contributed by atoms with Gasteiger partial charge in [-0.25, -0.2) is 0 Å². The highest BCUT2D eigenvalue weighted by atomic mass is 15.1. The third kappa shape index (κ3) is 3.93. The van der Waals surface area contributed by atoms with Gasteiger partial charge in [0.05, 0.1) is 0 Å². The fourth-order valence-electron chi connectivity index (χ4n) is 2.22. The average Bonchev–Trinajstić information content (AvgIpc) is 2.77. The van der Waals surface area contributed by atoms with Crippen molar-refractivity contribution in [3.8, 4) is 12.3 Å². The van der Waals surface area contributed by atoms with Gasteiger partial charge >= 0.3 is 0 Å². The highest BCUT2D eigenvalue weighted by Gasteiger charge is 2.24. The number of nitrogens with zero attached hydrogens (tertiary/aromatic N) is 1. The van der Waals surface area contributed by atoms with Crippen LogP contribution < -0.4 is 0 Å². The van der Waals surface area contributed by atoms with Crippen molar-refractivity contribution in [2.45, 2.75) is 64.7 Å². The number of H-pyrrole nitrogens is 1. The molecule has 0 aliphatic rings. The molecule has 0 unspecified atom stereocenters. The van der Waals surface area contributed by atoms with Gasteiger partial charge in [-0.15, -0.1) is 6.42 Å². The largest absolute Gasteiger partial charge is 0.284 e. The van der Waals surface area contributed by atoms with E-state index in [0.29, 0.717) is 0 Å². The second-order valence-electron chi connectivity index (χ2n) is 5.34. The van der Waals surface area contributed by atoms with Gasteiger partial charge in [-0.2, -0.15) is 5.10 Å². The summed E-state index contributed by atoms with van der Waals surface area (Å²) in [5.74, 6) is 2.65. The van der Waals surface area contributed by atoms with Crippen molar-refractivity contribution in [1.29, 1.82) is 0 Å². The van der Waals surface area contributed by atoms with Crippen LogP contribution >= 0.6 is 0 Å². The Morgan fingerprint density at radius 3 is 2.65 bits per heavy atom. The number of rotatable bonds is 7. The summed E-state index contributed by atoms with van der Waals surface area (Å²) in [6.07, 6.45) is 15.2. The predicted molar refractivity (Wildman–Crippen MR) is 72.9 cm³/mol. The fourth-order valence-corrected chi connectivity index (χ4v) is 2.22. The topological polar surface area (TPSA) is 28.7 Å². The molecule has 0 aliphatic heterocycles. The summed E-state index contributed by atoms with van der Waals surface area (Å²) in [5, 5.41) is 6.97. The molecule has 0 saturated carbocycles. The highest BCUT2D eigenvalue weighted by Crippen LogP contribution is 2.30. The number of unbranched alkanes of at least 4 members (excludes halogenated alkanes) is 4. The van der Waals surface area contributed by atoms with Gasteiger partial charge in [-0.05, 0) is 17.8 Å². The molecular formula is C15H24N2. The van der Waals surface area contributed by atoms with Crippen LogP contribution in [-0.2, 0) is 5.41 Å². The van der Waals surface area contributed by atoms with E-state index in [0.717, 1.165) is 5.69 Å². The molecule has 0 fully saturated rings. The van der Waals surface area contributed by atoms with Crippen molar-refractivity contribution in [3.63, 3.8) is 0 Å². The molecule has 1 aromatic heterocycles. The summed E-state index contributed by atoms with van der Waals surface area (Å²) in [7, 11) is 0. The van der Waals surface area contributed by atoms with Gasteiger partial charge in [-0.3, -0.25) is 5.10 Å². The van der Waals surface area contributed by atoms with E-state index in [1.54, 1.807) is 0 Å². The molecule has 2 heteroatoms. The summed E-state index contributed by atoms with van der Waals surface area (Å²) in [6, 6.07) is 0. The van der Waals surface area contributed by atoms with Crippen molar-refractivity contribution < 1.29 is 0 Å². The van der Waals surface area contributed by atoms with Crippen LogP contribution in [0.3, 0.4) is 0 Å². The van der Waals surface area contributed by atoms with Crippen molar-refractivity contribution in [2.24, 2.45) is 0 Å². The zero-order valence-electron chi connectivity index (χ0n) is 11.3. The van der Waals surface area contributed by atoms with E-state index in [9.17, 15) is 0 Å². The summed E-state index contributed by atoms with van der Waals surface area (Å²) in [5.41, 5.74) is 2.07. The van der Waals surface area contributed by atoms with Crippen LogP contribution in [-0.4, -0.2) is 10.2 Å². The Morgan fingerprint density at radius 1 is 1.29 bits per heavy atom. The smallest absolute Gasteiger partial charge is 0.138 e. The monoisotopic (exact) mass is 232 g/mol. The summed E-state index contributed by atoms with van der Waals surface area (Å²) in [4.78, 5) is 0. The molecule has 1 aromatic rings. The van der Waals surface area contributed by atoms with E-state index in [-0.39, 0.29) is 5.41 Å². The number of terminal acetylenes is 1. The van der Waals surface area contributed by atoms with Gasteiger partial charge in [0.25, 0.3) is 0 Å². The fraction of sp³-hybridized carbons (Fsp3) is 0.667. The minimum Gasteiger partial charge on any atom is -0.284 e. The van der Waals surface area contributed by atoms with E-state index < -0.39 is 0 Å². The standard InChI is InChI=1S/C15H24N2/c1-5-7-8-9-10-11-15(3,4)13-12-16-17-14(13)6-2/h2,12H,5,7-11H2,1,3-4H3,(H,16,17). The van der Waals surface area contributed by atoms with Gasteiger partial charge in [0.15, 0.2) is 0 Å². The maximum Gasteiger partial charge on any atom is 0.138 e. The zero-order valence-corrected chi connectivity index (χ0v) is 11.3. The van der Waals surface area contributed by atoms with Crippen LogP contribution in [0.25, 0.3) is 0 Å². The summed E-state index contributed by atoms with van der Waals surface area (Å²) >= 11 is 0. The molecule has 0 atom stereocenters. The van der Waals surface area contributed by atoms with Crippen molar-refractivity contribution >= 4 is 0 Å². The first-order valence-corrected chi connectivity index (χ1v) is 6.62. The number of aromatic nitrogens is 2. The molecule has 1 N–H and O–H groups in total. The van der Waals surface area contributed by atoms with Crippen molar-refractivity contribution in [3.05, 3.63) is 17.5 Å². The molecule has 0 aromatic carbocycles. The Labute approximate surface area is 105 Å². The Balaban J connectivity index is 2.48. The van der Waals surface area contributed by atoms with E-state index in [1.165, 1.54) is 44.1 Å². The van der Waals surface area contributed by atoms with Gasteiger partial charge in [0.2, 0.25) is 0 Å². The molecule has 2 nitrogen and oxygen atoms in total. The van der Waals surface area contributed by atoms with E-state index in [4.69, 9.17) is 6.42 Å². The number of hydrogen-bond donors (Lipinski definition) is 1. The van der Waals surface area contributed by atoms with Gasteiger partial charge in [-0.1, -0.05) is 52.9 Å². The van der Waals surface area contributed by atoms with Crippen LogP contribution in [0.1, 0.15) is 70.6 Å². The lowest BCUT2D eigenvalue weighted by Crippen LogP contribution is -2.17. The van der Waals surface area contributed by atoms with Gasteiger partial charge < -0.3 is 0 Å². The van der Waals surface area contributed by atoms with Crippen LogP contribution in [0.2, 0.25) is 0 Å². The van der Waals surface area contributed by atoms with Crippen LogP contribution in [0.5, 0.6) is 0 Å². The normalized spacial score (nSPS) is 11.4. The summed E-state index contributed by atoms with van der Waals surface area (Å²) in [6.45, 7) is 6.74. The van der Waals surface area contributed by atoms with E-state index in [2.05, 4.69) is 36.9 Å². The van der Waals surface area contributed by atoms with Crippen molar-refractivity contribution in [2.75, 3.05) is 0 Å². The Morgan fingerprint density at radius 2 is 2.00 bits per heavy atom. The Bertz CT molecular complexity index is 369. The molecule has 17 heavy (non-hydrogen) atoms. The molecule has 0 aliphatic carbocycles. The van der Waals surface area contributed by atoms with Gasteiger partial charge in [0, 0.05) is 11.8 Å². The molecule has 0 bridgehead atoms. The molecule has 0 amide bonds. The van der Waals surface area contributed by atoms with Crippen LogP contribution in [0, 0.1) is 12.3 Å². The predicted octanol–water partition coefficient (Wildman–Crippen LogP) is 4.03. The maximum atomic E-state index is 5.45. The molecule has 94 valence electrons. The second-order valence-corrected chi connectivity index (χ2v) is 5.34. The van der Waals surface area contributed by atoms with Gasteiger partial charge in [0.1, 0.15) is 5.69 Å². The van der Waals surface area contributed by atoms with Crippen LogP contribution in [0.15, 0.2) is 6.20 Å². The van der Waals surface area contributed by atoms with Crippen molar-refractivity contribution in [1.82, 2.24) is 10.2 Å². The highest BCUT2D eigenvalue weighted by molar-refractivity contribution is 5.36. The first-order valence-electron chi connectivity index (χ1n) is 6.62. The maximum absolute atomic E-state index is 5.45. The SMILES string of the molecule is C#Cc1n[nH]cc1C(C)(C)CCCCCCC.